The molecule has 0 aliphatic rings. The van der Waals surface area contributed by atoms with Crippen LogP contribution < -0.4 is 0 Å². The summed E-state index contributed by atoms with van der Waals surface area (Å²) in [5, 5.41) is 9.16. The first-order valence-electron chi connectivity index (χ1n) is 7.41. The van der Waals surface area contributed by atoms with Gasteiger partial charge in [0.25, 0.3) is 12.3 Å². The Hall–Kier alpha value is -1.95. The molecule has 0 unspecified atom stereocenters. The van der Waals surface area contributed by atoms with E-state index in [0.717, 1.165) is 5.57 Å². The number of rotatable bonds is 9. The molecule has 0 fully saturated rings. The summed E-state index contributed by atoms with van der Waals surface area (Å²) in [5.41, 5.74) is -0.592. The molecule has 0 spiro atoms. The van der Waals surface area contributed by atoms with Gasteiger partial charge in [-0.25, -0.2) is 0 Å². The van der Waals surface area contributed by atoms with Gasteiger partial charge in [0, 0.05) is 12.3 Å². The first-order valence-corrected chi connectivity index (χ1v) is 8.08. The van der Waals surface area contributed by atoms with Crippen molar-refractivity contribution < 1.29 is 23.1 Å². The lowest BCUT2D eigenvalue weighted by molar-refractivity contribution is -0.144. The maximum Gasteiger partial charge on any atom is 0.317 e. The van der Waals surface area contributed by atoms with Crippen molar-refractivity contribution in [3.8, 4) is 0 Å². The number of allylic oxidation sites excluding steroid dienone is 5. The van der Waals surface area contributed by atoms with Crippen molar-refractivity contribution in [2.24, 2.45) is 10.8 Å². The third kappa shape index (κ3) is 8.06. The fourth-order valence-corrected chi connectivity index (χ4v) is 1.63. The van der Waals surface area contributed by atoms with Crippen molar-refractivity contribution in [1.29, 1.82) is 0 Å². The molecule has 0 heterocycles. The molecule has 0 rings (SSSR count). The maximum absolute atomic E-state index is 11.2. The Bertz CT molecular complexity index is 568. The van der Waals surface area contributed by atoms with E-state index in [2.05, 4.69) is 10.8 Å². The number of carboxylic acid groups (broad SMARTS) is 1. The van der Waals surface area contributed by atoms with E-state index >= 15 is 0 Å². The topological polar surface area (TPSA) is 72.8 Å². The van der Waals surface area contributed by atoms with Gasteiger partial charge in [0.05, 0.1) is 5.41 Å². The standard InChI is InChI=1S/C18H26O5S/c1-8-15(23-24-22-14(3)19)10-9-13(2)17(4,5)11-12-18(6,7)16(20)21/h8-12H,2H2,1,3-7H3,(H,20,21)/b10-9-,12-11+,15-8+. The van der Waals surface area contributed by atoms with Crippen LogP contribution in [0.1, 0.15) is 41.5 Å². The number of aliphatic carboxylic acids is 1. The molecule has 0 aromatic heterocycles. The minimum Gasteiger partial charge on any atom is -0.481 e. The highest BCUT2D eigenvalue weighted by Gasteiger charge is 2.25. The smallest absolute Gasteiger partial charge is 0.317 e. The van der Waals surface area contributed by atoms with E-state index in [1.165, 1.54) is 6.92 Å². The Morgan fingerprint density at radius 2 is 1.58 bits per heavy atom. The molecule has 0 atom stereocenters. The van der Waals surface area contributed by atoms with Crippen molar-refractivity contribution >= 4 is 24.3 Å². The summed E-state index contributed by atoms with van der Waals surface area (Å²) in [6.45, 7) is 14.3. The van der Waals surface area contributed by atoms with E-state index in [4.69, 9.17) is 9.29 Å². The Labute approximate surface area is 148 Å². The molecule has 24 heavy (non-hydrogen) atoms. The normalized spacial score (nSPS) is 13.3. The first-order chi connectivity index (χ1) is 10.9. The SMILES string of the molecule is C=C(/C=C\C(=C/C)OSOC(C)=O)C(C)(C)/C=C/C(C)(C)C(=O)O. The second kappa shape index (κ2) is 9.37. The zero-order valence-electron chi connectivity index (χ0n) is 15.1. The Kier molecular flexibility index (Phi) is 8.61. The van der Waals surface area contributed by atoms with Crippen molar-refractivity contribution in [2.45, 2.75) is 41.5 Å². The molecule has 6 heteroatoms. The van der Waals surface area contributed by atoms with E-state index in [-0.39, 0.29) is 0 Å². The molecule has 0 aromatic rings. The third-order valence-electron chi connectivity index (χ3n) is 3.31. The highest BCUT2D eigenvalue weighted by atomic mass is 32.2. The Morgan fingerprint density at radius 1 is 1.04 bits per heavy atom. The lowest BCUT2D eigenvalue weighted by Gasteiger charge is -2.23. The second-order valence-electron chi connectivity index (χ2n) is 6.36. The summed E-state index contributed by atoms with van der Waals surface area (Å²) in [4.78, 5) is 21.8. The van der Waals surface area contributed by atoms with Crippen LogP contribution >= 0.6 is 12.3 Å². The molecule has 5 nitrogen and oxygen atoms in total. The van der Waals surface area contributed by atoms with Crippen LogP contribution in [0.3, 0.4) is 0 Å². The summed E-state index contributed by atoms with van der Waals surface area (Å²) < 4.78 is 9.86. The number of carboxylic acids is 1. The molecule has 0 saturated heterocycles. The summed E-state index contributed by atoms with van der Waals surface area (Å²) in [6.07, 6.45) is 8.70. The van der Waals surface area contributed by atoms with Crippen molar-refractivity contribution in [3.63, 3.8) is 0 Å². The van der Waals surface area contributed by atoms with E-state index in [1.807, 2.05) is 19.9 Å². The quantitative estimate of drug-likeness (QED) is 0.276. The lowest BCUT2D eigenvalue weighted by Crippen LogP contribution is -2.22. The van der Waals surface area contributed by atoms with Gasteiger partial charge in [-0.3, -0.25) is 9.59 Å². The van der Waals surface area contributed by atoms with Gasteiger partial charge in [-0.15, -0.1) is 0 Å². The van der Waals surface area contributed by atoms with Gasteiger partial charge in [-0.2, -0.15) is 0 Å². The van der Waals surface area contributed by atoms with E-state index in [0.29, 0.717) is 18.1 Å². The summed E-state index contributed by atoms with van der Waals surface area (Å²) in [5.74, 6) is -0.827. The molecule has 0 aromatic carbocycles. The summed E-state index contributed by atoms with van der Waals surface area (Å²) >= 11 is 0.592. The van der Waals surface area contributed by atoms with Crippen LogP contribution in [0.25, 0.3) is 0 Å². The van der Waals surface area contributed by atoms with Gasteiger partial charge in [0.2, 0.25) is 0 Å². The minimum absolute atomic E-state index is 0.425. The Morgan fingerprint density at radius 3 is 2.04 bits per heavy atom. The molecule has 0 aliphatic carbocycles. The monoisotopic (exact) mass is 354 g/mol. The molecule has 0 bridgehead atoms. The zero-order valence-corrected chi connectivity index (χ0v) is 15.9. The minimum atomic E-state index is -0.945. The molecular formula is C18H26O5S. The molecule has 134 valence electrons. The summed E-state index contributed by atoms with van der Waals surface area (Å²) in [6, 6.07) is 0. The van der Waals surface area contributed by atoms with Crippen LogP contribution in [0.4, 0.5) is 0 Å². The molecular weight excluding hydrogens is 328 g/mol. The number of carbonyl (C=O) groups is 2. The van der Waals surface area contributed by atoms with Crippen molar-refractivity contribution in [3.05, 3.63) is 48.3 Å². The van der Waals surface area contributed by atoms with Gasteiger partial charge in [-0.05, 0) is 38.5 Å². The van der Waals surface area contributed by atoms with Crippen LogP contribution in [0.5, 0.6) is 0 Å². The first kappa shape index (κ1) is 22.1. The number of carbonyl (C=O) groups excluding carboxylic acids is 1. The van der Waals surface area contributed by atoms with Crippen LogP contribution in [0, 0.1) is 10.8 Å². The van der Waals surface area contributed by atoms with Crippen molar-refractivity contribution in [1.82, 2.24) is 0 Å². The molecule has 0 aliphatic heterocycles. The second-order valence-corrected chi connectivity index (χ2v) is 6.83. The average molecular weight is 354 g/mol. The van der Waals surface area contributed by atoms with Crippen molar-refractivity contribution in [2.75, 3.05) is 0 Å². The zero-order chi connectivity index (χ0) is 19.0. The van der Waals surface area contributed by atoms with E-state index in [1.54, 1.807) is 45.1 Å². The van der Waals surface area contributed by atoms with Crippen LogP contribution in [-0.4, -0.2) is 17.0 Å². The Balaban J connectivity index is 4.90. The third-order valence-corrected chi connectivity index (χ3v) is 3.87. The highest BCUT2D eigenvalue weighted by Crippen LogP contribution is 2.31. The predicted octanol–water partition coefficient (Wildman–Crippen LogP) is 4.84. The fraction of sp³-hybridized carbons (Fsp3) is 0.444. The van der Waals surface area contributed by atoms with Gasteiger partial charge in [0.1, 0.15) is 5.76 Å². The van der Waals surface area contributed by atoms with E-state index in [9.17, 15) is 9.59 Å². The van der Waals surface area contributed by atoms with Crippen LogP contribution in [0.15, 0.2) is 48.3 Å². The fourth-order valence-electron chi connectivity index (χ4n) is 1.27. The number of hydrogen-bond donors (Lipinski definition) is 1. The predicted molar refractivity (Wildman–Crippen MR) is 96.8 cm³/mol. The van der Waals surface area contributed by atoms with Gasteiger partial charge in [0.15, 0.2) is 0 Å². The number of hydrogen-bond acceptors (Lipinski definition) is 5. The highest BCUT2D eigenvalue weighted by molar-refractivity contribution is 7.90. The summed E-state index contributed by atoms with van der Waals surface area (Å²) in [7, 11) is 0. The molecule has 0 saturated carbocycles. The van der Waals surface area contributed by atoms with Gasteiger partial charge in [-0.1, -0.05) is 38.7 Å². The largest absolute Gasteiger partial charge is 0.481 e. The van der Waals surface area contributed by atoms with Gasteiger partial charge < -0.3 is 13.5 Å². The van der Waals surface area contributed by atoms with Gasteiger partial charge >= 0.3 is 11.9 Å². The maximum atomic E-state index is 11.2. The molecule has 0 radical (unpaired) electrons. The lowest BCUT2D eigenvalue weighted by atomic mass is 9.81. The molecule has 1 N–H and O–H groups in total. The molecule has 0 amide bonds. The van der Waals surface area contributed by atoms with Crippen LogP contribution in [0.2, 0.25) is 0 Å². The van der Waals surface area contributed by atoms with E-state index < -0.39 is 22.8 Å². The van der Waals surface area contributed by atoms with Crippen LogP contribution in [-0.2, 0) is 18.0 Å². The average Bonchev–Trinajstić information content (AvgIpc) is 2.48.